The van der Waals surface area contributed by atoms with Crippen LogP contribution < -0.4 is 10.1 Å². The molecule has 0 fully saturated rings. The summed E-state index contributed by atoms with van der Waals surface area (Å²) in [5.41, 5.74) is 0.409. The van der Waals surface area contributed by atoms with Crippen LogP contribution in [0.4, 0.5) is 5.69 Å². The average Bonchev–Trinajstić information content (AvgIpc) is 2.28. The van der Waals surface area contributed by atoms with Gasteiger partial charge >= 0.3 is 0 Å². The topological polar surface area (TPSA) is 64.6 Å². The van der Waals surface area contributed by atoms with Crippen LogP contribution in [0.2, 0.25) is 0 Å². The molecule has 0 spiro atoms. The van der Waals surface area contributed by atoms with Crippen molar-refractivity contribution in [2.75, 3.05) is 19.5 Å². The first-order valence-electron chi connectivity index (χ1n) is 4.67. The molecule has 1 amide bonds. The number of hydrogen-bond donors (Lipinski definition) is 1. The fourth-order valence-electron chi connectivity index (χ4n) is 1.23. The third-order valence-electron chi connectivity index (χ3n) is 1.99. The zero-order valence-electron chi connectivity index (χ0n) is 9.68. The second-order valence-corrected chi connectivity index (χ2v) is 6.19. The first-order valence-corrected chi connectivity index (χ1v) is 7.08. The van der Waals surface area contributed by atoms with Crippen LogP contribution in [0.15, 0.2) is 23.1 Å². The summed E-state index contributed by atoms with van der Waals surface area (Å²) in [5, 5.41) is 2.57. The van der Waals surface area contributed by atoms with Crippen LogP contribution in [0.1, 0.15) is 6.92 Å². The van der Waals surface area contributed by atoms with Crippen molar-refractivity contribution in [2.45, 2.75) is 11.8 Å². The van der Waals surface area contributed by atoms with E-state index in [0.717, 1.165) is 0 Å². The smallest absolute Gasteiger partial charge is 0.221 e. The Morgan fingerprint density at radius 1 is 1.41 bits per heavy atom. The van der Waals surface area contributed by atoms with Crippen LogP contribution in [-0.4, -0.2) is 24.3 Å². The van der Waals surface area contributed by atoms with Gasteiger partial charge in [-0.25, -0.2) is 4.21 Å². The first-order chi connectivity index (χ1) is 7.90. The quantitative estimate of drug-likeness (QED) is 0.898. The van der Waals surface area contributed by atoms with Crippen molar-refractivity contribution in [1.82, 2.24) is 0 Å². The molecule has 1 aromatic rings. The third kappa shape index (κ3) is 3.39. The Labute approximate surface area is 105 Å². The predicted molar refractivity (Wildman–Crippen MR) is 68.1 cm³/mol. The molecular formula is C10H13NO4S2. The molecule has 0 aliphatic carbocycles. The maximum atomic E-state index is 11.8. The lowest BCUT2D eigenvalue weighted by atomic mass is 10.3. The van der Waals surface area contributed by atoms with Crippen LogP contribution in [-0.2, 0) is 28.9 Å². The Hall–Kier alpha value is -1.18. The van der Waals surface area contributed by atoms with E-state index in [9.17, 15) is 9.00 Å². The minimum atomic E-state index is -2.95. The van der Waals surface area contributed by atoms with Gasteiger partial charge in [0.15, 0.2) is 8.77 Å². The van der Waals surface area contributed by atoms with E-state index in [1.165, 1.54) is 27.2 Å². The molecule has 0 saturated carbocycles. The number of benzene rings is 1. The molecule has 94 valence electrons. The van der Waals surface area contributed by atoms with E-state index in [0.29, 0.717) is 16.3 Å². The summed E-state index contributed by atoms with van der Waals surface area (Å²) in [6.45, 7) is 1.37. The Morgan fingerprint density at radius 3 is 2.53 bits per heavy atom. The number of rotatable bonds is 4. The number of carbonyl (C=O) groups is 1. The van der Waals surface area contributed by atoms with Crippen molar-refractivity contribution < 1.29 is 17.9 Å². The molecule has 0 aromatic heterocycles. The van der Waals surface area contributed by atoms with Crippen LogP contribution >= 0.6 is 0 Å². The van der Waals surface area contributed by atoms with E-state index < -0.39 is 8.77 Å². The second kappa shape index (κ2) is 5.44. The van der Waals surface area contributed by atoms with Gasteiger partial charge in [-0.1, -0.05) is 0 Å². The minimum Gasteiger partial charge on any atom is -0.495 e. The Balaban J connectivity index is 3.27. The molecular weight excluding hydrogens is 262 g/mol. The van der Waals surface area contributed by atoms with Gasteiger partial charge in [-0.15, -0.1) is 0 Å². The van der Waals surface area contributed by atoms with E-state index in [1.807, 2.05) is 0 Å². The number of nitrogens with one attached hydrogen (secondary N) is 1. The van der Waals surface area contributed by atoms with Crippen molar-refractivity contribution in [3.8, 4) is 5.75 Å². The summed E-state index contributed by atoms with van der Waals surface area (Å²) in [7, 11) is -0.206. The van der Waals surface area contributed by atoms with Crippen molar-refractivity contribution in [3.05, 3.63) is 18.2 Å². The Kier molecular flexibility index (Phi) is 4.44. The molecule has 1 atom stereocenters. The molecule has 17 heavy (non-hydrogen) atoms. The minimum absolute atomic E-state index is 0.256. The van der Waals surface area contributed by atoms with Crippen LogP contribution in [0.25, 0.3) is 0 Å². The highest BCUT2D eigenvalue weighted by molar-refractivity contribution is 8.30. The zero-order valence-corrected chi connectivity index (χ0v) is 11.3. The fraction of sp³-hybridized carbons (Fsp3) is 0.300. The normalized spacial score (nSPS) is 13.8. The molecule has 0 bridgehead atoms. The summed E-state index contributed by atoms with van der Waals surface area (Å²) in [4.78, 5) is 11.3. The monoisotopic (exact) mass is 275 g/mol. The summed E-state index contributed by atoms with van der Waals surface area (Å²) < 4.78 is 21.6. The van der Waals surface area contributed by atoms with Gasteiger partial charge in [-0.05, 0) is 18.2 Å². The number of hydrogen-bond acceptors (Lipinski definition) is 5. The number of amides is 1. The number of ether oxygens (including phenoxy) is 1. The third-order valence-corrected chi connectivity index (χ3v) is 4.25. The lowest BCUT2D eigenvalue weighted by Crippen LogP contribution is -2.09. The van der Waals surface area contributed by atoms with Gasteiger partial charge in [0, 0.05) is 18.1 Å². The summed E-state index contributed by atoms with van der Waals surface area (Å²) in [6.07, 6.45) is 0. The molecule has 0 saturated heterocycles. The van der Waals surface area contributed by atoms with Crippen molar-refractivity contribution in [2.24, 2.45) is 0 Å². The second-order valence-electron chi connectivity index (χ2n) is 3.16. The Bertz CT molecular complexity index is 525. The van der Waals surface area contributed by atoms with E-state index >= 15 is 0 Å². The maximum Gasteiger partial charge on any atom is 0.221 e. The van der Waals surface area contributed by atoms with Crippen LogP contribution in [0.3, 0.4) is 0 Å². The molecule has 0 heterocycles. The predicted octanol–water partition coefficient (Wildman–Crippen LogP) is 1.32. The molecule has 0 aliphatic rings. The molecule has 1 unspecified atom stereocenters. The summed E-state index contributed by atoms with van der Waals surface area (Å²) >= 11 is 4.82. The average molecular weight is 275 g/mol. The van der Waals surface area contributed by atoms with E-state index in [-0.39, 0.29) is 5.91 Å². The van der Waals surface area contributed by atoms with E-state index in [2.05, 4.69) is 5.32 Å². The SMILES string of the molecule is COc1ccc(S(=O)(=S)OC)cc1NC(C)=O. The highest BCUT2D eigenvalue weighted by atomic mass is 32.8. The van der Waals surface area contributed by atoms with Crippen molar-refractivity contribution >= 4 is 31.6 Å². The van der Waals surface area contributed by atoms with E-state index in [4.69, 9.17) is 20.1 Å². The number of carbonyl (C=O) groups excluding carboxylic acids is 1. The van der Waals surface area contributed by atoms with Crippen molar-refractivity contribution in [3.63, 3.8) is 0 Å². The standard InChI is InChI=1S/C10H13NO4S2/c1-7(12)11-9-6-8(17(13,16)15-3)4-5-10(9)14-2/h4-6H,1-3H3,(H,11,12). The molecule has 1 N–H and O–H groups in total. The van der Waals surface area contributed by atoms with Gasteiger partial charge in [0.05, 0.1) is 24.8 Å². The molecule has 1 aromatic carbocycles. The van der Waals surface area contributed by atoms with Gasteiger partial charge < -0.3 is 10.1 Å². The molecule has 0 radical (unpaired) electrons. The fourth-order valence-corrected chi connectivity index (χ4v) is 2.23. The largest absolute Gasteiger partial charge is 0.495 e. The molecule has 5 nitrogen and oxygen atoms in total. The highest BCUT2D eigenvalue weighted by Crippen LogP contribution is 2.28. The van der Waals surface area contributed by atoms with Gasteiger partial charge in [-0.3, -0.25) is 8.98 Å². The zero-order chi connectivity index (χ0) is 13.1. The highest BCUT2D eigenvalue weighted by Gasteiger charge is 2.13. The van der Waals surface area contributed by atoms with Gasteiger partial charge in [-0.2, -0.15) is 0 Å². The van der Waals surface area contributed by atoms with Gasteiger partial charge in [0.25, 0.3) is 0 Å². The maximum absolute atomic E-state index is 11.8. The Morgan fingerprint density at radius 2 is 2.06 bits per heavy atom. The molecule has 0 aliphatic heterocycles. The molecule has 1 rings (SSSR count). The van der Waals surface area contributed by atoms with Gasteiger partial charge in [0.2, 0.25) is 5.91 Å². The van der Waals surface area contributed by atoms with Crippen LogP contribution in [0.5, 0.6) is 5.75 Å². The molecule has 7 heteroatoms. The lowest BCUT2D eigenvalue weighted by Gasteiger charge is -2.11. The lowest BCUT2D eigenvalue weighted by molar-refractivity contribution is -0.114. The van der Waals surface area contributed by atoms with Gasteiger partial charge in [0.1, 0.15) is 5.75 Å². The van der Waals surface area contributed by atoms with E-state index in [1.54, 1.807) is 12.1 Å². The first kappa shape index (κ1) is 13.9. The van der Waals surface area contributed by atoms with Crippen molar-refractivity contribution in [1.29, 1.82) is 0 Å². The van der Waals surface area contributed by atoms with Crippen LogP contribution in [0, 0.1) is 0 Å². The number of methoxy groups -OCH3 is 1. The summed E-state index contributed by atoms with van der Waals surface area (Å²) in [5.74, 6) is 0.207. The number of anilines is 1. The summed E-state index contributed by atoms with van der Waals surface area (Å²) in [6, 6.07) is 4.60.